The van der Waals surface area contributed by atoms with Gasteiger partial charge in [-0.1, -0.05) is 17.7 Å². The highest BCUT2D eigenvalue weighted by molar-refractivity contribution is 6.10. The summed E-state index contributed by atoms with van der Waals surface area (Å²) in [7, 11) is 2.31. The Morgan fingerprint density at radius 2 is 1.70 bits per heavy atom. The molecule has 2 aromatic rings. The Hall–Kier alpha value is -2.63. The molecule has 0 radical (unpaired) electrons. The molecule has 0 atom stereocenters. The van der Waals surface area contributed by atoms with E-state index in [1.54, 1.807) is 19.1 Å². The van der Waals surface area contributed by atoms with Crippen molar-refractivity contribution in [2.75, 3.05) is 14.2 Å². The van der Waals surface area contributed by atoms with Crippen LogP contribution in [-0.2, 0) is 9.47 Å². The lowest BCUT2D eigenvalue weighted by Crippen LogP contribution is -2.17. The van der Waals surface area contributed by atoms with Gasteiger partial charge in [0.25, 0.3) is 0 Å². The molecule has 1 aromatic heterocycles. The van der Waals surface area contributed by atoms with Crippen molar-refractivity contribution in [3.05, 3.63) is 45.5 Å². The Kier molecular flexibility index (Phi) is 3.56. The summed E-state index contributed by atoms with van der Waals surface area (Å²) in [6.45, 7) is 1.80. The maximum atomic E-state index is 11.9. The first kappa shape index (κ1) is 13.8. The summed E-state index contributed by atoms with van der Waals surface area (Å²) in [5, 5.41) is 0.497. The number of hydrogen-bond acceptors (Lipinski definition) is 6. The number of esters is 2. The van der Waals surface area contributed by atoms with Crippen molar-refractivity contribution in [3.8, 4) is 0 Å². The van der Waals surface area contributed by atoms with Gasteiger partial charge in [-0.2, -0.15) is 0 Å². The predicted octanol–water partition coefficient (Wildman–Crippen LogP) is 1.67. The van der Waals surface area contributed by atoms with Crippen molar-refractivity contribution >= 4 is 22.7 Å². The molecule has 6 heteroatoms. The van der Waals surface area contributed by atoms with Gasteiger partial charge in [0, 0.05) is 5.39 Å². The van der Waals surface area contributed by atoms with Crippen LogP contribution in [0.2, 0.25) is 0 Å². The fourth-order valence-corrected chi connectivity index (χ4v) is 1.91. The van der Waals surface area contributed by atoms with Gasteiger partial charge in [0.15, 0.2) is 0 Å². The van der Waals surface area contributed by atoms with Crippen molar-refractivity contribution in [3.63, 3.8) is 0 Å². The summed E-state index contributed by atoms with van der Waals surface area (Å²) in [6, 6.07) is 4.85. The average molecular weight is 276 g/mol. The molecule has 0 bridgehead atoms. The molecular formula is C14H12O6. The summed E-state index contributed by atoms with van der Waals surface area (Å²) in [6.07, 6.45) is 0. The van der Waals surface area contributed by atoms with Crippen LogP contribution in [0.4, 0.5) is 0 Å². The van der Waals surface area contributed by atoms with E-state index in [0.717, 1.165) is 12.7 Å². The van der Waals surface area contributed by atoms with Gasteiger partial charge < -0.3 is 13.9 Å². The molecule has 20 heavy (non-hydrogen) atoms. The lowest BCUT2D eigenvalue weighted by Gasteiger charge is -2.08. The summed E-state index contributed by atoms with van der Waals surface area (Å²) in [5.41, 5.74) is -0.00484. The number of hydrogen-bond donors (Lipinski definition) is 0. The number of carbonyl (C=O) groups is 2. The first-order valence-corrected chi connectivity index (χ1v) is 5.73. The van der Waals surface area contributed by atoms with Crippen LogP contribution in [0.25, 0.3) is 10.8 Å². The number of aryl methyl sites for hydroxylation is 1. The molecule has 2 rings (SSSR count). The monoisotopic (exact) mass is 276 g/mol. The van der Waals surface area contributed by atoms with E-state index in [4.69, 9.17) is 4.42 Å². The molecule has 1 aromatic carbocycles. The third-order valence-corrected chi connectivity index (χ3v) is 2.85. The first-order valence-electron chi connectivity index (χ1n) is 5.73. The van der Waals surface area contributed by atoms with E-state index in [1.165, 1.54) is 13.2 Å². The molecule has 0 unspecified atom stereocenters. The van der Waals surface area contributed by atoms with Crippen LogP contribution in [0, 0.1) is 6.92 Å². The molecule has 0 aliphatic heterocycles. The molecule has 0 aliphatic rings. The number of benzene rings is 1. The van der Waals surface area contributed by atoms with E-state index >= 15 is 0 Å². The van der Waals surface area contributed by atoms with Gasteiger partial charge >= 0.3 is 17.6 Å². The van der Waals surface area contributed by atoms with Crippen molar-refractivity contribution in [1.82, 2.24) is 0 Å². The molecule has 0 saturated heterocycles. The zero-order valence-corrected chi connectivity index (χ0v) is 11.2. The first-order chi connectivity index (χ1) is 9.49. The van der Waals surface area contributed by atoms with E-state index in [2.05, 4.69) is 9.47 Å². The lowest BCUT2D eigenvalue weighted by molar-refractivity contribution is 0.0522. The molecule has 0 fully saturated rings. The van der Waals surface area contributed by atoms with Gasteiger partial charge in [0.2, 0.25) is 5.76 Å². The molecule has 104 valence electrons. The SMILES string of the molecule is COC(=O)c1oc(=O)c2ccc(C)cc2c1C(=O)OC. The van der Waals surface area contributed by atoms with Crippen LogP contribution >= 0.6 is 0 Å². The Morgan fingerprint density at radius 1 is 1.05 bits per heavy atom. The number of carbonyl (C=O) groups excluding carboxylic acids is 2. The third-order valence-electron chi connectivity index (χ3n) is 2.85. The van der Waals surface area contributed by atoms with Crippen molar-refractivity contribution in [2.24, 2.45) is 0 Å². The molecule has 0 amide bonds. The molecule has 1 heterocycles. The van der Waals surface area contributed by atoms with Crippen LogP contribution in [0.1, 0.15) is 26.5 Å². The zero-order chi connectivity index (χ0) is 14.9. The minimum absolute atomic E-state index is 0.113. The second-order valence-electron chi connectivity index (χ2n) is 4.13. The standard InChI is InChI=1S/C14H12O6/c1-7-4-5-8-9(6-7)10(13(16)18-2)11(14(17)19-3)20-12(8)15/h4-6H,1-3H3. The number of rotatable bonds is 2. The smallest absolute Gasteiger partial charge is 0.375 e. The normalized spacial score (nSPS) is 10.3. The van der Waals surface area contributed by atoms with Gasteiger partial charge in [0.05, 0.1) is 19.6 Å². The van der Waals surface area contributed by atoms with Gasteiger partial charge in [-0.05, 0) is 13.0 Å². The van der Waals surface area contributed by atoms with Crippen LogP contribution in [-0.4, -0.2) is 26.2 Å². The van der Waals surface area contributed by atoms with Crippen molar-refractivity contribution in [1.29, 1.82) is 0 Å². The van der Waals surface area contributed by atoms with E-state index in [1.807, 2.05) is 0 Å². The minimum Gasteiger partial charge on any atom is -0.465 e. The average Bonchev–Trinajstić information content (AvgIpc) is 2.45. The zero-order valence-electron chi connectivity index (χ0n) is 11.2. The molecule has 0 saturated carbocycles. The summed E-state index contributed by atoms with van der Waals surface area (Å²) in [4.78, 5) is 35.4. The Balaban J connectivity index is 2.96. The third kappa shape index (κ3) is 2.16. The quantitative estimate of drug-likeness (QED) is 0.776. The molecule has 0 N–H and O–H groups in total. The molecular weight excluding hydrogens is 264 g/mol. The maximum Gasteiger partial charge on any atom is 0.375 e. The maximum absolute atomic E-state index is 11.9. The Bertz CT molecular complexity index is 756. The second kappa shape index (κ2) is 5.16. The highest BCUT2D eigenvalue weighted by atomic mass is 16.5. The largest absolute Gasteiger partial charge is 0.465 e. The van der Waals surface area contributed by atoms with Gasteiger partial charge in [0.1, 0.15) is 5.56 Å². The minimum atomic E-state index is -0.911. The molecule has 6 nitrogen and oxygen atoms in total. The van der Waals surface area contributed by atoms with E-state index in [9.17, 15) is 14.4 Å². The summed E-state index contributed by atoms with van der Waals surface area (Å²) in [5.74, 6) is -2.14. The fourth-order valence-electron chi connectivity index (χ4n) is 1.91. The van der Waals surface area contributed by atoms with Crippen LogP contribution in [0.3, 0.4) is 0 Å². The van der Waals surface area contributed by atoms with Crippen molar-refractivity contribution < 1.29 is 23.5 Å². The lowest BCUT2D eigenvalue weighted by atomic mass is 10.0. The van der Waals surface area contributed by atoms with Crippen LogP contribution < -0.4 is 5.63 Å². The van der Waals surface area contributed by atoms with Gasteiger partial charge in [-0.15, -0.1) is 0 Å². The summed E-state index contributed by atoms with van der Waals surface area (Å²) < 4.78 is 14.1. The number of ether oxygens (including phenoxy) is 2. The number of methoxy groups -OCH3 is 2. The van der Waals surface area contributed by atoms with Gasteiger partial charge in [-0.3, -0.25) is 0 Å². The molecule has 0 spiro atoms. The van der Waals surface area contributed by atoms with E-state index in [0.29, 0.717) is 5.39 Å². The van der Waals surface area contributed by atoms with Gasteiger partial charge in [-0.25, -0.2) is 14.4 Å². The Labute approximate surface area is 113 Å². The predicted molar refractivity (Wildman–Crippen MR) is 69.9 cm³/mol. The van der Waals surface area contributed by atoms with E-state index in [-0.39, 0.29) is 10.9 Å². The summed E-state index contributed by atoms with van der Waals surface area (Å²) >= 11 is 0. The highest BCUT2D eigenvalue weighted by Gasteiger charge is 2.26. The molecule has 0 aliphatic carbocycles. The second-order valence-corrected chi connectivity index (χ2v) is 4.13. The highest BCUT2D eigenvalue weighted by Crippen LogP contribution is 2.22. The van der Waals surface area contributed by atoms with Crippen LogP contribution in [0.15, 0.2) is 27.4 Å². The topological polar surface area (TPSA) is 82.8 Å². The van der Waals surface area contributed by atoms with Crippen LogP contribution in [0.5, 0.6) is 0 Å². The van der Waals surface area contributed by atoms with E-state index < -0.39 is 23.3 Å². The Morgan fingerprint density at radius 3 is 2.30 bits per heavy atom. The fraction of sp³-hybridized carbons (Fsp3) is 0.214. The number of fused-ring (bicyclic) bond motifs is 1. The van der Waals surface area contributed by atoms with Crippen molar-refractivity contribution in [2.45, 2.75) is 6.92 Å².